The first-order valence-corrected chi connectivity index (χ1v) is 11.1. The third-order valence-electron chi connectivity index (χ3n) is 6.45. The van der Waals surface area contributed by atoms with E-state index in [1.54, 1.807) is 12.5 Å². The summed E-state index contributed by atoms with van der Waals surface area (Å²) in [6, 6.07) is 12.0. The Morgan fingerprint density at radius 2 is 1.68 bits per heavy atom. The third-order valence-corrected chi connectivity index (χ3v) is 6.45. The van der Waals surface area contributed by atoms with Gasteiger partial charge in [0.25, 0.3) is 5.91 Å². The quantitative estimate of drug-likeness (QED) is 0.654. The predicted octanol–water partition coefficient (Wildman–Crippen LogP) is 2.95. The maximum atomic E-state index is 13.0. The number of likely N-dealkylation sites (tertiary alicyclic amines) is 2. The number of fused-ring (bicyclic) bond motifs is 1. The van der Waals surface area contributed by atoms with E-state index < -0.39 is 0 Å². The molecule has 0 radical (unpaired) electrons. The van der Waals surface area contributed by atoms with E-state index in [2.05, 4.69) is 22.1 Å². The van der Waals surface area contributed by atoms with Crippen molar-refractivity contribution in [3.63, 3.8) is 0 Å². The Kier molecular flexibility index (Phi) is 5.40. The lowest BCUT2D eigenvalue weighted by Gasteiger charge is -2.33. The number of aromatic nitrogens is 3. The monoisotopic (exact) mass is 417 g/mol. The molecule has 0 unspecified atom stereocenters. The van der Waals surface area contributed by atoms with Gasteiger partial charge in [-0.1, -0.05) is 30.3 Å². The van der Waals surface area contributed by atoms with Gasteiger partial charge in [0.1, 0.15) is 5.52 Å². The summed E-state index contributed by atoms with van der Waals surface area (Å²) in [5.74, 6) is 0.298. The summed E-state index contributed by atoms with van der Waals surface area (Å²) in [5.41, 5.74) is 3.23. The lowest BCUT2D eigenvalue weighted by molar-refractivity contribution is -0.135. The first-order valence-electron chi connectivity index (χ1n) is 11.1. The molecule has 0 atom stereocenters. The summed E-state index contributed by atoms with van der Waals surface area (Å²) >= 11 is 0. The molecule has 0 saturated carbocycles. The minimum absolute atomic E-state index is 0.0286. The van der Waals surface area contributed by atoms with Crippen LogP contribution in [0.4, 0.5) is 0 Å². The Bertz CT molecular complexity index is 1080. The van der Waals surface area contributed by atoms with Crippen LogP contribution in [0.2, 0.25) is 0 Å². The molecule has 2 amide bonds. The maximum Gasteiger partial charge on any atom is 0.255 e. The van der Waals surface area contributed by atoms with Gasteiger partial charge in [-0.2, -0.15) is 0 Å². The number of carbonyl (C=O) groups is 2. The van der Waals surface area contributed by atoms with Crippen molar-refractivity contribution in [2.24, 2.45) is 5.92 Å². The van der Waals surface area contributed by atoms with Crippen LogP contribution >= 0.6 is 0 Å². The Morgan fingerprint density at radius 1 is 0.935 bits per heavy atom. The molecule has 7 heteroatoms. The van der Waals surface area contributed by atoms with Crippen molar-refractivity contribution in [1.82, 2.24) is 24.3 Å². The van der Waals surface area contributed by atoms with Crippen molar-refractivity contribution in [2.75, 3.05) is 26.2 Å². The highest BCUT2D eigenvalue weighted by Crippen LogP contribution is 2.24. The van der Waals surface area contributed by atoms with Crippen molar-refractivity contribution in [2.45, 2.75) is 32.2 Å². The molecule has 2 aliphatic rings. The first-order chi connectivity index (χ1) is 15.2. The first kappa shape index (κ1) is 19.7. The number of hydrogen-bond donors (Lipinski definition) is 0. The van der Waals surface area contributed by atoms with Crippen molar-refractivity contribution in [3.8, 4) is 0 Å². The summed E-state index contributed by atoms with van der Waals surface area (Å²) in [5, 5.41) is 0. The number of pyridine rings is 1. The van der Waals surface area contributed by atoms with Gasteiger partial charge >= 0.3 is 0 Å². The SMILES string of the molecule is O=C(c1cnc2c(c1)ncn2Cc1ccccc1)N1CCC(C(=O)N2CCCC2)CC1. The van der Waals surface area contributed by atoms with E-state index in [0.717, 1.165) is 49.9 Å². The van der Waals surface area contributed by atoms with E-state index in [1.165, 1.54) is 5.56 Å². The van der Waals surface area contributed by atoms with E-state index in [-0.39, 0.29) is 17.7 Å². The Morgan fingerprint density at radius 3 is 2.42 bits per heavy atom. The molecule has 2 fully saturated rings. The largest absolute Gasteiger partial charge is 0.342 e. The van der Waals surface area contributed by atoms with E-state index in [9.17, 15) is 9.59 Å². The lowest BCUT2D eigenvalue weighted by Crippen LogP contribution is -2.43. The van der Waals surface area contributed by atoms with Gasteiger partial charge in [0.05, 0.1) is 18.4 Å². The van der Waals surface area contributed by atoms with Crippen molar-refractivity contribution in [1.29, 1.82) is 0 Å². The zero-order valence-corrected chi connectivity index (χ0v) is 17.6. The van der Waals surface area contributed by atoms with Crippen LogP contribution in [-0.2, 0) is 11.3 Å². The second-order valence-corrected chi connectivity index (χ2v) is 8.52. The summed E-state index contributed by atoms with van der Waals surface area (Å²) in [6.07, 6.45) is 7.12. The minimum Gasteiger partial charge on any atom is -0.342 e. The molecule has 1 aromatic carbocycles. The zero-order chi connectivity index (χ0) is 21.2. The molecule has 4 heterocycles. The molecular weight excluding hydrogens is 390 g/mol. The molecule has 2 saturated heterocycles. The Labute approximate surface area is 181 Å². The smallest absolute Gasteiger partial charge is 0.255 e. The molecule has 0 spiro atoms. The van der Waals surface area contributed by atoms with Crippen LogP contribution in [0.5, 0.6) is 0 Å². The van der Waals surface area contributed by atoms with E-state index in [0.29, 0.717) is 25.2 Å². The highest BCUT2D eigenvalue weighted by molar-refractivity contribution is 5.96. The summed E-state index contributed by atoms with van der Waals surface area (Å²) in [6.45, 7) is 3.70. The van der Waals surface area contributed by atoms with Crippen molar-refractivity contribution in [3.05, 3.63) is 60.0 Å². The standard InChI is InChI=1S/C24H27N5O2/c30-23(27-10-4-5-11-27)19-8-12-28(13-9-19)24(31)20-14-21-22(25-15-20)29(17-26-21)16-18-6-2-1-3-7-18/h1-3,6-7,14-15,17,19H,4-5,8-13,16H2. The molecule has 7 nitrogen and oxygen atoms in total. The second kappa shape index (κ2) is 8.49. The van der Waals surface area contributed by atoms with Gasteiger partial charge in [-0.25, -0.2) is 9.97 Å². The van der Waals surface area contributed by atoms with Gasteiger partial charge in [0.2, 0.25) is 5.91 Å². The lowest BCUT2D eigenvalue weighted by atomic mass is 9.95. The van der Waals surface area contributed by atoms with Gasteiger partial charge in [-0.05, 0) is 37.3 Å². The topological polar surface area (TPSA) is 71.3 Å². The van der Waals surface area contributed by atoms with Crippen molar-refractivity contribution >= 4 is 23.0 Å². The van der Waals surface area contributed by atoms with E-state index in [4.69, 9.17) is 0 Å². The molecule has 0 aliphatic carbocycles. The minimum atomic E-state index is -0.0286. The number of carbonyl (C=O) groups excluding carboxylic acids is 2. The molecule has 2 aliphatic heterocycles. The average molecular weight is 418 g/mol. The molecule has 3 aromatic rings. The van der Waals surface area contributed by atoms with Crippen molar-refractivity contribution < 1.29 is 9.59 Å². The average Bonchev–Trinajstić information content (AvgIpc) is 3.49. The highest BCUT2D eigenvalue weighted by atomic mass is 16.2. The van der Waals surface area contributed by atoms with E-state index in [1.807, 2.05) is 38.6 Å². The van der Waals surface area contributed by atoms with Gasteiger partial charge in [0, 0.05) is 38.3 Å². The number of imidazole rings is 1. The molecule has 0 N–H and O–H groups in total. The number of hydrogen-bond acceptors (Lipinski definition) is 4. The molecule has 2 aromatic heterocycles. The Hall–Kier alpha value is -3.22. The number of benzene rings is 1. The fraction of sp³-hybridized carbons (Fsp3) is 0.417. The number of rotatable bonds is 4. The van der Waals surface area contributed by atoms with Gasteiger partial charge in [0.15, 0.2) is 5.65 Å². The van der Waals surface area contributed by atoms with Crippen LogP contribution < -0.4 is 0 Å². The second-order valence-electron chi connectivity index (χ2n) is 8.52. The molecule has 5 rings (SSSR count). The number of piperidine rings is 1. The fourth-order valence-corrected chi connectivity index (χ4v) is 4.67. The van der Waals surface area contributed by atoms with Crippen LogP contribution in [0, 0.1) is 5.92 Å². The molecular formula is C24H27N5O2. The van der Waals surface area contributed by atoms with Crippen LogP contribution in [0.1, 0.15) is 41.6 Å². The maximum absolute atomic E-state index is 13.0. The van der Waals surface area contributed by atoms with Crippen LogP contribution in [0.15, 0.2) is 48.9 Å². The van der Waals surface area contributed by atoms with Crippen LogP contribution in [-0.4, -0.2) is 62.3 Å². The van der Waals surface area contributed by atoms with E-state index >= 15 is 0 Å². The zero-order valence-electron chi connectivity index (χ0n) is 17.6. The third kappa shape index (κ3) is 4.04. The van der Waals surface area contributed by atoms with Gasteiger partial charge in [-0.3, -0.25) is 9.59 Å². The number of amides is 2. The predicted molar refractivity (Wildman–Crippen MR) is 118 cm³/mol. The fourth-order valence-electron chi connectivity index (χ4n) is 4.67. The molecule has 160 valence electrons. The summed E-state index contributed by atoms with van der Waals surface area (Å²) in [4.78, 5) is 38.5. The summed E-state index contributed by atoms with van der Waals surface area (Å²) < 4.78 is 1.99. The van der Waals surface area contributed by atoms with Gasteiger partial charge in [-0.15, -0.1) is 0 Å². The summed E-state index contributed by atoms with van der Waals surface area (Å²) in [7, 11) is 0. The van der Waals surface area contributed by atoms with Crippen LogP contribution in [0.25, 0.3) is 11.2 Å². The number of nitrogens with zero attached hydrogens (tertiary/aromatic N) is 5. The van der Waals surface area contributed by atoms with Crippen LogP contribution in [0.3, 0.4) is 0 Å². The highest BCUT2D eigenvalue weighted by Gasteiger charge is 2.31. The molecule has 0 bridgehead atoms. The normalized spacial score (nSPS) is 17.4. The van der Waals surface area contributed by atoms with Gasteiger partial charge < -0.3 is 14.4 Å². The Balaban J connectivity index is 1.24. The molecule has 31 heavy (non-hydrogen) atoms.